The second-order valence-corrected chi connectivity index (χ2v) is 4.90. The van der Waals surface area contributed by atoms with Gasteiger partial charge in [0.25, 0.3) is 0 Å². The number of rotatable bonds is 8. The molecular formula is C15H25NO2. The van der Waals surface area contributed by atoms with Gasteiger partial charge in [-0.25, -0.2) is 0 Å². The van der Waals surface area contributed by atoms with Gasteiger partial charge >= 0.3 is 0 Å². The summed E-state index contributed by atoms with van der Waals surface area (Å²) in [5, 5.41) is 12.4. The molecule has 0 saturated heterocycles. The molecule has 0 aliphatic rings. The average Bonchev–Trinajstić information content (AvgIpc) is 2.36. The third kappa shape index (κ3) is 5.52. The molecule has 0 fully saturated rings. The minimum atomic E-state index is 0.212. The smallest absolute Gasteiger partial charge is 0.119 e. The number of benzene rings is 1. The summed E-state index contributed by atoms with van der Waals surface area (Å²) >= 11 is 0. The molecule has 0 bridgehead atoms. The van der Waals surface area contributed by atoms with E-state index < -0.39 is 0 Å². The Hall–Kier alpha value is -1.06. The molecule has 3 heteroatoms. The largest absolute Gasteiger partial charge is 0.491 e. The van der Waals surface area contributed by atoms with E-state index in [0.29, 0.717) is 5.92 Å². The molecule has 0 aliphatic heterocycles. The normalized spacial score (nSPS) is 12.7. The van der Waals surface area contributed by atoms with Crippen molar-refractivity contribution in [3.63, 3.8) is 0 Å². The second kappa shape index (κ2) is 8.11. The van der Waals surface area contributed by atoms with Crippen molar-refractivity contribution in [1.82, 2.24) is 5.32 Å². The summed E-state index contributed by atoms with van der Waals surface area (Å²) in [4.78, 5) is 0. The van der Waals surface area contributed by atoms with E-state index in [1.54, 1.807) is 0 Å². The van der Waals surface area contributed by atoms with E-state index in [-0.39, 0.29) is 12.7 Å². The fourth-order valence-corrected chi connectivity index (χ4v) is 1.72. The summed E-state index contributed by atoms with van der Waals surface area (Å²) < 4.78 is 5.59. The Morgan fingerprint density at radius 2 is 1.89 bits per heavy atom. The van der Waals surface area contributed by atoms with Crippen LogP contribution in [0.5, 0.6) is 5.75 Å². The molecule has 1 rings (SSSR count). The van der Waals surface area contributed by atoms with Crippen LogP contribution < -0.4 is 10.1 Å². The molecule has 0 spiro atoms. The number of hydrogen-bond donors (Lipinski definition) is 2. The van der Waals surface area contributed by atoms with Crippen molar-refractivity contribution >= 4 is 0 Å². The van der Waals surface area contributed by atoms with E-state index in [0.717, 1.165) is 25.3 Å². The molecule has 1 aromatic carbocycles. The van der Waals surface area contributed by atoms with Crippen LogP contribution in [0.1, 0.15) is 32.8 Å². The maximum Gasteiger partial charge on any atom is 0.119 e. The lowest BCUT2D eigenvalue weighted by molar-refractivity contribution is 0.218. The topological polar surface area (TPSA) is 41.5 Å². The zero-order valence-corrected chi connectivity index (χ0v) is 11.6. The first-order valence-electron chi connectivity index (χ1n) is 6.72. The number of aliphatic hydroxyl groups is 1. The third-order valence-electron chi connectivity index (χ3n) is 2.89. The maximum absolute atomic E-state index is 9.09. The summed E-state index contributed by atoms with van der Waals surface area (Å²) in [6.07, 6.45) is 1.22. The van der Waals surface area contributed by atoms with E-state index in [4.69, 9.17) is 9.84 Å². The molecule has 0 aliphatic carbocycles. The predicted octanol–water partition coefficient (Wildman–Crippen LogP) is 2.58. The summed E-state index contributed by atoms with van der Waals surface area (Å²) in [5.74, 6) is 1.27. The zero-order chi connectivity index (χ0) is 13.4. The van der Waals surface area contributed by atoms with Gasteiger partial charge in [-0.15, -0.1) is 0 Å². The number of ether oxygens (including phenoxy) is 1. The van der Waals surface area contributed by atoms with Crippen molar-refractivity contribution in [3.8, 4) is 5.75 Å². The SMILES string of the molecule is CCC(CO)CNCc1ccc(OC(C)C)cc1. The molecule has 0 amide bonds. The minimum absolute atomic E-state index is 0.212. The molecule has 3 nitrogen and oxygen atoms in total. The van der Waals surface area contributed by atoms with Crippen molar-refractivity contribution < 1.29 is 9.84 Å². The van der Waals surface area contributed by atoms with Gasteiger partial charge in [-0.1, -0.05) is 19.1 Å². The maximum atomic E-state index is 9.09. The summed E-state index contributed by atoms with van der Waals surface area (Å²) in [6, 6.07) is 8.15. The first-order valence-corrected chi connectivity index (χ1v) is 6.72. The molecule has 1 unspecified atom stereocenters. The van der Waals surface area contributed by atoms with Crippen molar-refractivity contribution in [2.75, 3.05) is 13.2 Å². The molecule has 0 radical (unpaired) electrons. The van der Waals surface area contributed by atoms with Crippen molar-refractivity contribution in [2.24, 2.45) is 5.92 Å². The van der Waals surface area contributed by atoms with Crippen LogP contribution >= 0.6 is 0 Å². The Bertz CT molecular complexity index is 318. The lowest BCUT2D eigenvalue weighted by atomic mass is 10.1. The molecule has 0 saturated carbocycles. The fourth-order valence-electron chi connectivity index (χ4n) is 1.72. The summed E-state index contributed by atoms with van der Waals surface area (Å²) in [7, 11) is 0. The summed E-state index contributed by atoms with van der Waals surface area (Å²) in [6.45, 7) is 8.09. The van der Waals surface area contributed by atoms with Gasteiger partial charge in [0, 0.05) is 19.7 Å². The highest BCUT2D eigenvalue weighted by molar-refractivity contribution is 5.27. The molecule has 102 valence electrons. The van der Waals surface area contributed by atoms with E-state index in [9.17, 15) is 0 Å². The molecule has 0 heterocycles. The number of hydrogen-bond acceptors (Lipinski definition) is 3. The highest BCUT2D eigenvalue weighted by Gasteiger charge is 2.03. The molecule has 18 heavy (non-hydrogen) atoms. The van der Waals surface area contributed by atoms with Crippen LogP contribution in [0.4, 0.5) is 0 Å². The van der Waals surface area contributed by atoms with Gasteiger partial charge in [0.15, 0.2) is 0 Å². The summed E-state index contributed by atoms with van der Waals surface area (Å²) in [5.41, 5.74) is 1.24. The molecule has 2 N–H and O–H groups in total. The van der Waals surface area contributed by atoms with Crippen molar-refractivity contribution in [2.45, 2.75) is 39.8 Å². The third-order valence-corrected chi connectivity index (χ3v) is 2.89. The van der Waals surface area contributed by atoms with Gasteiger partial charge in [0.05, 0.1) is 6.10 Å². The van der Waals surface area contributed by atoms with Gasteiger partial charge in [-0.3, -0.25) is 0 Å². The monoisotopic (exact) mass is 251 g/mol. The van der Waals surface area contributed by atoms with Crippen LogP contribution in [0.2, 0.25) is 0 Å². The lowest BCUT2D eigenvalue weighted by Crippen LogP contribution is -2.24. The number of aliphatic hydroxyl groups excluding tert-OH is 1. The van der Waals surface area contributed by atoms with Crippen molar-refractivity contribution in [1.29, 1.82) is 0 Å². The highest BCUT2D eigenvalue weighted by atomic mass is 16.5. The van der Waals surface area contributed by atoms with Crippen LogP contribution in [0.15, 0.2) is 24.3 Å². The van der Waals surface area contributed by atoms with Crippen LogP contribution in [0.25, 0.3) is 0 Å². The van der Waals surface area contributed by atoms with Gasteiger partial charge in [-0.05, 0) is 43.9 Å². The Kier molecular flexibility index (Phi) is 6.76. The van der Waals surface area contributed by atoms with Gasteiger partial charge < -0.3 is 15.2 Å². The standard InChI is InChI=1S/C15H25NO2/c1-4-13(11-17)9-16-10-14-5-7-15(8-6-14)18-12(2)3/h5-8,12-13,16-17H,4,9-11H2,1-3H3. The molecule has 1 aromatic rings. The van der Waals surface area contributed by atoms with Crippen LogP contribution in [0.3, 0.4) is 0 Å². The zero-order valence-electron chi connectivity index (χ0n) is 11.6. The highest BCUT2D eigenvalue weighted by Crippen LogP contribution is 2.13. The van der Waals surface area contributed by atoms with E-state index in [1.807, 2.05) is 26.0 Å². The fraction of sp³-hybridized carbons (Fsp3) is 0.600. The first-order chi connectivity index (χ1) is 8.65. The Balaban J connectivity index is 2.35. The molecule has 0 aromatic heterocycles. The number of nitrogens with one attached hydrogen (secondary N) is 1. The van der Waals surface area contributed by atoms with Gasteiger partial charge in [-0.2, -0.15) is 0 Å². The van der Waals surface area contributed by atoms with Crippen molar-refractivity contribution in [3.05, 3.63) is 29.8 Å². The Morgan fingerprint density at radius 3 is 2.39 bits per heavy atom. The van der Waals surface area contributed by atoms with Crippen LogP contribution in [-0.2, 0) is 6.54 Å². The van der Waals surface area contributed by atoms with Crippen LogP contribution in [0, 0.1) is 5.92 Å². The molecule has 1 atom stereocenters. The second-order valence-electron chi connectivity index (χ2n) is 4.90. The minimum Gasteiger partial charge on any atom is -0.491 e. The Labute approximate surface area is 110 Å². The van der Waals surface area contributed by atoms with Gasteiger partial charge in [0.1, 0.15) is 5.75 Å². The van der Waals surface area contributed by atoms with E-state index in [2.05, 4.69) is 24.4 Å². The lowest BCUT2D eigenvalue weighted by Gasteiger charge is -2.13. The van der Waals surface area contributed by atoms with Gasteiger partial charge in [0.2, 0.25) is 0 Å². The van der Waals surface area contributed by atoms with Crippen LogP contribution in [-0.4, -0.2) is 24.4 Å². The van der Waals surface area contributed by atoms with E-state index >= 15 is 0 Å². The van der Waals surface area contributed by atoms with E-state index in [1.165, 1.54) is 5.56 Å². The quantitative estimate of drug-likeness (QED) is 0.746. The first kappa shape index (κ1) is 15.0. The average molecular weight is 251 g/mol. The predicted molar refractivity (Wildman–Crippen MR) is 74.8 cm³/mol. The Morgan fingerprint density at radius 1 is 1.22 bits per heavy atom. The molecular weight excluding hydrogens is 226 g/mol.